The number of sulfonamides is 1. The maximum Gasteiger partial charge on any atom is 0.271 e. The second-order valence-electron chi connectivity index (χ2n) is 9.04. The molecule has 1 atom stereocenters. The Morgan fingerprint density at radius 1 is 1.02 bits per heavy atom. The van der Waals surface area contributed by atoms with Gasteiger partial charge in [0.25, 0.3) is 15.7 Å². The van der Waals surface area contributed by atoms with Crippen molar-refractivity contribution in [1.82, 2.24) is 10.2 Å². The summed E-state index contributed by atoms with van der Waals surface area (Å²) in [5.74, 6) is -1.09. The van der Waals surface area contributed by atoms with Crippen LogP contribution >= 0.6 is 11.6 Å². The fraction of sp³-hybridized carbons (Fsp3) is 0.286. The van der Waals surface area contributed by atoms with Crippen LogP contribution in [0.15, 0.2) is 83.8 Å². The number of hydrogen-bond acceptors (Lipinski definition) is 6. The molecule has 0 aliphatic rings. The molecule has 0 saturated heterocycles. The molecule has 0 aliphatic carbocycles. The summed E-state index contributed by atoms with van der Waals surface area (Å²) >= 11 is 6.35. The van der Waals surface area contributed by atoms with E-state index >= 15 is 0 Å². The van der Waals surface area contributed by atoms with Gasteiger partial charge in [-0.3, -0.25) is 24.0 Å². The van der Waals surface area contributed by atoms with E-state index in [-0.39, 0.29) is 22.8 Å². The molecule has 0 heterocycles. The molecule has 40 heavy (non-hydrogen) atoms. The minimum Gasteiger partial charge on any atom is -0.354 e. The van der Waals surface area contributed by atoms with Gasteiger partial charge >= 0.3 is 0 Å². The molecule has 0 aromatic heterocycles. The molecule has 0 aliphatic heterocycles. The third-order valence-electron chi connectivity index (χ3n) is 6.23. The van der Waals surface area contributed by atoms with Crippen molar-refractivity contribution in [3.05, 3.63) is 99.6 Å². The molecule has 3 aromatic rings. The predicted octanol–water partition coefficient (Wildman–Crippen LogP) is 4.78. The van der Waals surface area contributed by atoms with Crippen LogP contribution in [0.1, 0.15) is 32.3 Å². The van der Waals surface area contributed by atoms with Gasteiger partial charge in [0.05, 0.1) is 15.5 Å². The number of amides is 2. The third kappa shape index (κ3) is 7.57. The number of nitro benzene ring substituents is 1. The van der Waals surface area contributed by atoms with E-state index in [2.05, 4.69) is 5.32 Å². The highest BCUT2D eigenvalue weighted by atomic mass is 35.5. The lowest BCUT2D eigenvalue weighted by Gasteiger charge is -2.32. The quantitative estimate of drug-likeness (QED) is 0.174. The lowest BCUT2D eigenvalue weighted by Crippen LogP contribution is -2.51. The van der Waals surface area contributed by atoms with Crippen molar-refractivity contribution in [3.8, 4) is 0 Å². The monoisotopic (exact) mass is 586 g/mol. The van der Waals surface area contributed by atoms with Crippen LogP contribution in [0.4, 0.5) is 11.4 Å². The molecule has 0 spiro atoms. The summed E-state index contributed by atoms with van der Waals surface area (Å²) in [5.41, 5.74) is 0.164. The van der Waals surface area contributed by atoms with Crippen LogP contribution in [0, 0.1) is 10.1 Å². The van der Waals surface area contributed by atoms with Crippen molar-refractivity contribution in [2.45, 2.75) is 44.2 Å². The van der Waals surface area contributed by atoms with Crippen molar-refractivity contribution < 1.29 is 22.9 Å². The van der Waals surface area contributed by atoms with Gasteiger partial charge in [0.2, 0.25) is 11.8 Å². The van der Waals surface area contributed by atoms with Crippen LogP contribution in [-0.2, 0) is 26.2 Å². The molecule has 3 rings (SSSR count). The predicted molar refractivity (Wildman–Crippen MR) is 153 cm³/mol. The Bertz CT molecular complexity index is 1450. The van der Waals surface area contributed by atoms with E-state index in [1.807, 2.05) is 6.92 Å². The number of unbranched alkanes of at least 4 members (excludes halogenated alkanes) is 1. The first kappa shape index (κ1) is 30.6. The summed E-state index contributed by atoms with van der Waals surface area (Å²) in [6, 6.07) is 18.4. The summed E-state index contributed by atoms with van der Waals surface area (Å²) in [4.78, 5) is 38.8. The van der Waals surface area contributed by atoms with Gasteiger partial charge in [0.15, 0.2) is 0 Å². The van der Waals surface area contributed by atoms with Gasteiger partial charge in [0, 0.05) is 30.2 Å². The average molecular weight is 587 g/mol. The SMILES string of the molecule is CCCCNC(=O)[C@@H](C)N(Cc1ccccc1Cl)C(=O)CN(c1cccc([N+](=O)[O-])c1)S(=O)(=O)c1ccccc1. The van der Waals surface area contributed by atoms with Gasteiger partial charge in [-0.15, -0.1) is 0 Å². The Morgan fingerprint density at radius 3 is 2.35 bits per heavy atom. The number of hydrogen-bond donors (Lipinski definition) is 1. The number of carbonyl (C=O) groups excluding carboxylic acids is 2. The topological polar surface area (TPSA) is 130 Å². The maximum absolute atomic E-state index is 13.9. The molecule has 0 saturated carbocycles. The third-order valence-corrected chi connectivity index (χ3v) is 8.39. The smallest absolute Gasteiger partial charge is 0.271 e. The number of benzene rings is 3. The number of nitrogens with one attached hydrogen (secondary N) is 1. The molecule has 12 heteroatoms. The van der Waals surface area contributed by atoms with Gasteiger partial charge in [-0.2, -0.15) is 0 Å². The molecule has 0 bridgehead atoms. The van der Waals surface area contributed by atoms with Crippen molar-refractivity contribution in [1.29, 1.82) is 0 Å². The van der Waals surface area contributed by atoms with E-state index in [1.54, 1.807) is 37.3 Å². The normalized spacial score (nSPS) is 11.9. The number of halogens is 1. The summed E-state index contributed by atoms with van der Waals surface area (Å²) < 4.78 is 28.3. The van der Waals surface area contributed by atoms with Crippen LogP contribution < -0.4 is 9.62 Å². The van der Waals surface area contributed by atoms with Crippen molar-refractivity contribution in [2.24, 2.45) is 0 Å². The van der Waals surface area contributed by atoms with Crippen LogP contribution in [0.25, 0.3) is 0 Å². The molecule has 10 nitrogen and oxygen atoms in total. The summed E-state index contributed by atoms with van der Waals surface area (Å²) in [6.45, 7) is 3.19. The number of anilines is 1. The highest BCUT2D eigenvalue weighted by molar-refractivity contribution is 7.92. The first-order chi connectivity index (χ1) is 19.1. The number of non-ortho nitro benzene ring substituents is 1. The van der Waals surface area contributed by atoms with Crippen molar-refractivity contribution in [2.75, 3.05) is 17.4 Å². The first-order valence-corrected chi connectivity index (χ1v) is 14.5. The van der Waals surface area contributed by atoms with Gasteiger partial charge in [-0.25, -0.2) is 8.42 Å². The van der Waals surface area contributed by atoms with Crippen LogP contribution in [0.5, 0.6) is 0 Å². The fourth-order valence-electron chi connectivity index (χ4n) is 3.94. The number of carbonyl (C=O) groups is 2. The fourth-order valence-corrected chi connectivity index (χ4v) is 5.56. The van der Waals surface area contributed by atoms with E-state index in [0.29, 0.717) is 17.1 Å². The van der Waals surface area contributed by atoms with E-state index in [0.717, 1.165) is 23.2 Å². The highest BCUT2D eigenvalue weighted by Gasteiger charge is 2.33. The Kier molecular flexibility index (Phi) is 10.6. The zero-order valence-electron chi connectivity index (χ0n) is 22.2. The second kappa shape index (κ2) is 13.9. The van der Waals surface area contributed by atoms with E-state index in [1.165, 1.54) is 47.4 Å². The molecule has 212 valence electrons. The number of rotatable bonds is 13. The van der Waals surface area contributed by atoms with Crippen LogP contribution in [0.3, 0.4) is 0 Å². The second-order valence-corrected chi connectivity index (χ2v) is 11.3. The molecule has 1 N–H and O–H groups in total. The van der Waals surface area contributed by atoms with E-state index in [9.17, 15) is 28.1 Å². The minimum atomic E-state index is -4.33. The van der Waals surface area contributed by atoms with Gasteiger partial charge in [-0.05, 0) is 43.2 Å². The van der Waals surface area contributed by atoms with Crippen molar-refractivity contribution >= 4 is 44.8 Å². The summed E-state index contributed by atoms with van der Waals surface area (Å²) in [6.07, 6.45) is 1.62. The molecular formula is C28H31ClN4O6S. The Labute approximate surface area is 238 Å². The Morgan fingerprint density at radius 2 is 1.70 bits per heavy atom. The average Bonchev–Trinajstić information content (AvgIpc) is 2.95. The maximum atomic E-state index is 13.9. The van der Waals surface area contributed by atoms with E-state index < -0.39 is 39.3 Å². The summed E-state index contributed by atoms with van der Waals surface area (Å²) in [5, 5.41) is 14.6. The molecule has 0 fully saturated rings. The number of nitrogens with zero attached hydrogens (tertiary/aromatic N) is 3. The zero-order chi connectivity index (χ0) is 29.3. The highest BCUT2D eigenvalue weighted by Crippen LogP contribution is 2.28. The molecule has 0 unspecified atom stereocenters. The molecule has 0 radical (unpaired) electrons. The lowest BCUT2D eigenvalue weighted by atomic mass is 10.1. The largest absolute Gasteiger partial charge is 0.354 e. The molecule has 3 aromatic carbocycles. The number of nitro groups is 1. The minimum absolute atomic E-state index is 0.0605. The van der Waals surface area contributed by atoms with Gasteiger partial charge in [-0.1, -0.05) is 67.4 Å². The van der Waals surface area contributed by atoms with Gasteiger partial charge < -0.3 is 10.2 Å². The Hall–Kier alpha value is -3.96. The summed E-state index contributed by atoms with van der Waals surface area (Å²) in [7, 11) is -4.33. The molecule has 2 amide bonds. The zero-order valence-corrected chi connectivity index (χ0v) is 23.8. The Balaban J connectivity index is 2.04. The first-order valence-electron chi connectivity index (χ1n) is 12.7. The van der Waals surface area contributed by atoms with Gasteiger partial charge in [0.1, 0.15) is 12.6 Å². The lowest BCUT2D eigenvalue weighted by molar-refractivity contribution is -0.384. The molecular weight excluding hydrogens is 556 g/mol. The van der Waals surface area contributed by atoms with Crippen molar-refractivity contribution in [3.63, 3.8) is 0 Å². The van der Waals surface area contributed by atoms with E-state index in [4.69, 9.17) is 11.6 Å². The van der Waals surface area contributed by atoms with Crippen LogP contribution in [0.2, 0.25) is 5.02 Å². The van der Waals surface area contributed by atoms with Crippen LogP contribution in [-0.4, -0.2) is 49.2 Å². The standard InChI is InChI=1S/C28H31ClN4O6S/c1-3-4-17-30-28(35)21(2)31(19-22-11-8-9-16-26(22)29)27(34)20-32(23-12-10-13-24(18-23)33(36)37)40(38,39)25-14-6-5-7-15-25/h5-16,18,21H,3-4,17,19-20H2,1-2H3,(H,30,35)/t21-/m1/s1.